The fourth-order valence-electron chi connectivity index (χ4n) is 3.63. The molecule has 23 heavy (non-hydrogen) atoms. The third-order valence-electron chi connectivity index (χ3n) is 4.89. The highest BCUT2D eigenvalue weighted by atomic mass is 16.6. The average Bonchev–Trinajstić information content (AvgIpc) is 2.97. The first-order valence-electron chi connectivity index (χ1n) is 8.09. The summed E-state index contributed by atoms with van der Waals surface area (Å²) in [5, 5.41) is 7.01. The van der Waals surface area contributed by atoms with E-state index in [0.717, 1.165) is 25.0 Å². The SMILES string of the molecule is CCCC1=NO[C@@H]([C@H]2C[C@]23NC(=O)N(c2ccccc2)C3=O)C1. The first-order chi connectivity index (χ1) is 11.2. The molecule has 2 aliphatic heterocycles. The van der Waals surface area contributed by atoms with Crippen LogP contribution >= 0.6 is 0 Å². The number of hydrogen-bond donors (Lipinski definition) is 1. The normalized spacial score (nSPS) is 32.0. The molecule has 3 atom stereocenters. The molecule has 2 heterocycles. The van der Waals surface area contributed by atoms with Crippen LogP contribution in [0.2, 0.25) is 0 Å². The van der Waals surface area contributed by atoms with Gasteiger partial charge in [0, 0.05) is 12.3 Å². The van der Waals surface area contributed by atoms with Gasteiger partial charge in [-0.25, -0.2) is 9.69 Å². The van der Waals surface area contributed by atoms with Gasteiger partial charge in [-0.3, -0.25) is 4.79 Å². The topological polar surface area (TPSA) is 71.0 Å². The minimum atomic E-state index is -0.797. The minimum absolute atomic E-state index is 0.00534. The maximum absolute atomic E-state index is 12.8. The second-order valence-corrected chi connectivity index (χ2v) is 6.44. The summed E-state index contributed by atoms with van der Waals surface area (Å²) in [5.74, 6) is -0.169. The molecular formula is C17H19N3O3. The van der Waals surface area contributed by atoms with E-state index in [4.69, 9.17) is 4.84 Å². The number of nitrogens with zero attached hydrogens (tertiary/aromatic N) is 2. The van der Waals surface area contributed by atoms with Crippen LogP contribution in [0, 0.1) is 5.92 Å². The van der Waals surface area contributed by atoms with Crippen LogP contribution in [0.15, 0.2) is 35.5 Å². The third-order valence-corrected chi connectivity index (χ3v) is 4.89. The molecule has 1 spiro atoms. The van der Waals surface area contributed by atoms with Crippen LogP contribution in [0.4, 0.5) is 10.5 Å². The molecule has 4 rings (SSSR count). The summed E-state index contributed by atoms with van der Waals surface area (Å²) in [6.45, 7) is 2.10. The van der Waals surface area contributed by atoms with Gasteiger partial charge in [0.2, 0.25) is 0 Å². The standard InChI is InChI=1S/C17H19N3O3/c1-2-6-11-9-14(23-19-11)13-10-17(13)15(21)20(16(22)18-17)12-7-4-3-5-8-12/h3-5,7-8,13-14H,2,6,9-10H2,1H3,(H,18,22)/t13-,14-,17+/m1/s1. The molecule has 1 N–H and O–H groups in total. The number of carbonyl (C=O) groups is 2. The maximum Gasteiger partial charge on any atom is 0.329 e. The van der Waals surface area contributed by atoms with Gasteiger partial charge in [0.1, 0.15) is 11.6 Å². The Balaban J connectivity index is 1.50. The summed E-state index contributed by atoms with van der Waals surface area (Å²) in [5.41, 5.74) is 0.860. The Bertz CT molecular complexity index is 688. The van der Waals surface area contributed by atoms with E-state index in [1.807, 2.05) is 18.2 Å². The number of anilines is 1. The fourth-order valence-corrected chi connectivity index (χ4v) is 3.63. The Morgan fingerprint density at radius 2 is 2.13 bits per heavy atom. The summed E-state index contributed by atoms with van der Waals surface area (Å²) in [4.78, 5) is 31.9. The van der Waals surface area contributed by atoms with Crippen molar-refractivity contribution >= 4 is 23.3 Å². The van der Waals surface area contributed by atoms with Gasteiger partial charge < -0.3 is 10.2 Å². The van der Waals surface area contributed by atoms with Crippen LogP contribution in [-0.2, 0) is 9.63 Å². The Morgan fingerprint density at radius 3 is 2.87 bits per heavy atom. The van der Waals surface area contributed by atoms with Crippen molar-refractivity contribution in [3.63, 3.8) is 0 Å². The number of benzene rings is 1. The monoisotopic (exact) mass is 313 g/mol. The number of para-hydroxylation sites is 1. The van der Waals surface area contributed by atoms with Gasteiger partial charge in [0.05, 0.1) is 11.4 Å². The highest BCUT2D eigenvalue weighted by Gasteiger charge is 2.70. The van der Waals surface area contributed by atoms with Crippen molar-refractivity contribution in [1.82, 2.24) is 5.32 Å². The predicted molar refractivity (Wildman–Crippen MR) is 85.1 cm³/mol. The van der Waals surface area contributed by atoms with Gasteiger partial charge >= 0.3 is 6.03 Å². The lowest BCUT2D eigenvalue weighted by Gasteiger charge is -2.14. The third kappa shape index (κ3) is 2.12. The van der Waals surface area contributed by atoms with E-state index in [2.05, 4.69) is 17.4 Å². The van der Waals surface area contributed by atoms with Crippen molar-refractivity contribution in [3.8, 4) is 0 Å². The number of imide groups is 1. The molecule has 2 fully saturated rings. The van der Waals surface area contributed by atoms with Gasteiger partial charge in [0.15, 0.2) is 0 Å². The number of amides is 3. The van der Waals surface area contributed by atoms with E-state index in [1.54, 1.807) is 12.1 Å². The van der Waals surface area contributed by atoms with E-state index >= 15 is 0 Å². The van der Waals surface area contributed by atoms with Gasteiger partial charge in [-0.2, -0.15) is 0 Å². The zero-order valence-corrected chi connectivity index (χ0v) is 13.0. The number of hydrogen-bond acceptors (Lipinski definition) is 4. The van der Waals surface area contributed by atoms with E-state index in [0.29, 0.717) is 12.1 Å². The lowest BCUT2D eigenvalue weighted by molar-refractivity contribution is -0.120. The molecule has 1 saturated carbocycles. The van der Waals surface area contributed by atoms with Gasteiger partial charge in [-0.15, -0.1) is 0 Å². The van der Waals surface area contributed by atoms with Crippen LogP contribution < -0.4 is 10.2 Å². The van der Waals surface area contributed by atoms with E-state index < -0.39 is 5.54 Å². The molecule has 6 nitrogen and oxygen atoms in total. The van der Waals surface area contributed by atoms with Gasteiger partial charge in [0.25, 0.3) is 5.91 Å². The highest BCUT2D eigenvalue weighted by Crippen LogP contribution is 2.52. The Hall–Kier alpha value is -2.37. The molecule has 0 bridgehead atoms. The molecule has 0 aromatic heterocycles. The zero-order valence-electron chi connectivity index (χ0n) is 13.0. The Morgan fingerprint density at radius 1 is 1.35 bits per heavy atom. The maximum atomic E-state index is 12.8. The molecule has 6 heteroatoms. The second kappa shape index (κ2) is 5.08. The van der Waals surface area contributed by atoms with Crippen LogP contribution in [0.25, 0.3) is 0 Å². The molecule has 0 unspecified atom stereocenters. The van der Waals surface area contributed by atoms with Crippen LogP contribution in [0.3, 0.4) is 0 Å². The lowest BCUT2D eigenvalue weighted by atomic mass is 10.0. The number of oxime groups is 1. The molecule has 120 valence electrons. The van der Waals surface area contributed by atoms with Crippen LogP contribution in [0.1, 0.15) is 32.6 Å². The van der Waals surface area contributed by atoms with Crippen LogP contribution in [-0.4, -0.2) is 29.3 Å². The molecular weight excluding hydrogens is 294 g/mol. The summed E-state index contributed by atoms with van der Waals surface area (Å²) < 4.78 is 0. The molecule has 1 aliphatic carbocycles. The van der Waals surface area contributed by atoms with E-state index in [-0.39, 0.29) is 24.0 Å². The Labute approximate surface area is 134 Å². The van der Waals surface area contributed by atoms with Crippen molar-refractivity contribution < 1.29 is 14.4 Å². The fraction of sp³-hybridized carbons (Fsp3) is 0.471. The summed E-state index contributed by atoms with van der Waals surface area (Å²) in [6, 6.07) is 8.67. The van der Waals surface area contributed by atoms with Crippen LogP contribution in [0.5, 0.6) is 0 Å². The molecule has 0 radical (unpaired) electrons. The predicted octanol–water partition coefficient (Wildman–Crippen LogP) is 2.45. The average molecular weight is 313 g/mol. The van der Waals surface area contributed by atoms with Crippen molar-refractivity contribution in [1.29, 1.82) is 0 Å². The molecule has 1 aromatic carbocycles. The van der Waals surface area contributed by atoms with Crippen molar-refractivity contribution in [3.05, 3.63) is 30.3 Å². The molecule has 1 aromatic rings. The second-order valence-electron chi connectivity index (χ2n) is 6.44. The highest BCUT2D eigenvalue weighted by molar-refractivity contribution is 6.24. The van der Waals surface area contributed by atoms with Gasteiger partial charge in [-0.1, -0.05) is 36.7 Å². The summed E-state index contributed by atoms with van der Waals surface area (Å²) in [6.07, 6.45) is 3.24. The Kier molecular flexibility index (Phi) is 3.14. The first-order valence-corrected chi connectivity index (χ1v) is 8.09. The molecule has 3 amide bonds. The van der Waals surface area contributed by atoms with E-state index in [1.165, 1.54) is 4.90 Å². The number of urea groups is 1. The van der Waals surface area contributed by atoms with Gasteiger partial charge in [-0.05, 0) is 25.0 Å². The minimum Gasteiger partial charge on any atom is -0.392 e. The summed E-state index contributed by atoms with van der Waals surface area (Å²) >= 11 is 0. The van der Waals surface area contributed by atoms with Crippen molar-refractivity contribution in [2.75, 3.05) is 4.90 Å². The molecule has 3 aliphatic rings. The summed E-state index contributed by atoms with van der Waals surface area (Å²) in [7, 11) is 0. The smallest absolute Gasteiger partial charge is 0.329 e. The number of carbonyl (C=O) groups excluding carboxylic acids is 2. The van der Waals surface area contributed by atoms with E-state index in [9.17, 15) is 9.59 Å². The quantitative estimate of drug-likeness (QED) is 0.868. The largest absolute Gasteiger partial charge is 0.392 e. The van der Waals surface area contributed by atoms with Crippen molar-refractivity contribution in [2.45, 2.75) is 44.2 Å². The first kappa shape index (κ1) is 14.2. The van der Waals surface area contributed by atoms with Crippen molar-refractivity contribution in [2.24, 2.45) is 11.1 Å². The lowest BCUT2D eigenvalue weighted by Crippen LogP contribution is -2.37. The molecule has 1 saturated heterocycles. The number of rotatable bonds is 4. The number of nitrogens with one attached hydrogen (secondary N) is 1. The zero-order chi connectivity index (χ0) is 16.0.